The van der Waals surface area contributed by atoms with Crippen molar-refractivity contribution in [2.75, 3.05) is 11.1 Å². The van der Waals surface area contributed by atoms with Crippen LogP contribution in [0.15, 0.2) is 72.8 Å². The number of ether oxygens (including phenoxy) is 1. The minimum atomic E-state index is -0.550. The first-order valence-corrected chi connectivity index (χ1v) is 7.42. The monoisotopic (exact) mass is 319 g/mol. The lowest BCUT2D eigenvalue weighted by atomic mass is 10.1. The summed E-state index contributed by atoms with van der Waals surface area (Å²) in [4.78, 5) is 11.6. The van der Waals surface area contributed by atoms with Crippen LogP contribution < -0.4 is 21.5 Å². The summed E-state index contributed by atoms with van der Waals surface area (Å²) >= 11 is 0. The Kier molecular flexibility index (Phi) is 4.34. The molecule has 0 heterocycles. The van der Waals surface area contributed by atoms with Gasteiger partial charge in [0.2, 0.25) is 0 Å². The molecule has 0 saturated carbocycles. The van der Waals surface area contributed by atoms with Crippen molar-refractivity contribution in [2.45, 2.75) is 0 Å². The second-order valence-corrected chi connectivity index (χ2v) is 5.21. The normalized spacial score (nSPS) is 10.2. The number of anilines is 3. The van der Waals surface area contributed by atoms with Crippen molar-refractivity contribution in [3.63, 3.8) is 0 Å². The molecule has 120 valence electrons. The van der Waals surface area contributed by atoms with E-state index in [4.69, 9.17) is 16.2 Å². The highest BCUT2D eigenvalue weighted by atomic mass is 16.5. The van der Waals surface area contributed by atoms with E-state index in [1.54, 1.807) is 18.2 Å². The van der Waals surface area contributed by atoms with Crippen molar-refractivity contribution < 1.29 is 9.53 Å². The van der Waals surface area contributed by atoms with Gasteiger partial charge in [0, 0.05) is 5.69 Å². The molecular weight excluding hydrogens is 302 g/mol. The number of hydrogen-bond donors (Lipinski definition) is 3. The number of nitrogens with one attached hydrogen (secondary N) is 1. The molecule has 0 spiro atoms. The number of nitrogen functional groups attached to an aromatic ring is 1. The molecule has 5 N–H and O–H groups in total. The standard InChI is InChI=1S/C19H17N3O2/c20-13-10-11-16(15(12-13)19(21)23)22-17-8-4-5-9-18(17)24-14-6-2-1-3-7-14/h1-12,22H,20H2,(H2,21,23). The summed E-state index contributed by atoms with van der Waals surface area (Å²) in [6.07, 6.45) is 0. The summed E-state index contributed by atoms with van der Waals surface area (Å²) in [5.74, 6) is 0.807. The van der Waals surface area contributed by atoms with Crippen LogP contribution in [0.2, 0.25) is 0 Å². The molecule has 0 aliphatic carbocycles. The number of carbonyl (C=O) groups is 1. The highest BCUT2D eigenvalue weighted by Gasteiger charge is 2.11. The highest BCUT2D eigenvalue weighted by molar-refractivity contribution is 6.00. The maximum absolute atomic E-state index is 11.6. The zero-order valence-electron chi connectivity index (χ0n) is 12.9. The maximum Gasteiger partial charge on any atom is 0.250 e. The number of rotatable bonds is 5. The lowest BCUT2D eigenvalue weighted by molar-refractivity contribution is 0.100. The second-order valence-electron chi connectivity index (χ2n) is 5.21. The third kappa shape index (κ3) is 3.47. The summed E-state index contributed by atoms with van der Waals surface area (Å²) in [6, 6.07) is 21.9. The van der Waals surface area contributed by atoms with Gasteiger partial charge in [0.1, 0.15) is 5.75 Å². The van der Waals surface area contributed by atoms with E-state index in [0.29, 0.717) is 28.4 Å². The van der Waals surface area contributed by atoms with Gasteiger partial charge in [-0.25, -0.2) is 0 Å². The van der Waals surface area contributed by atoms with Crippen LogP contribution in [0.25, 0.3) is 0 Å². The molecule has 0 aliphatic heterocycles. The molecule has 0 unspecified atom stereocenters. The molecule has 0 fully saturated rings. The fourth-order valence-corrected chi connectivity index (χ4v) is 2.29. The van der Waals surface area contributed by atoms with Crippen molar-refractivity contribution in [3.05, 3.63) is 78.4 Å². The number of hydrogen-bond acceptors (Lipinski definition) is 4. The number of nitrogens with two attached hydrogens (primary N) is 2. The van der Waals surface area contributed by atoms with Crippen LogP contribution in [0, 0.1) is 0 Å². The molecule has 24 heavy (non-hydrogen) atoms. The van der Waals surface area contributed by atoms with Gasteiger partial charge in [-0.3, -0.25) is 4.79 Å². The summed E-state index contributed by atoms with van der Waals surface area (Å²) in [7, 11) is 0. The summed E-state index contributed by atoms with van der Waals surface area (Å²) in [6.45, 7) is 0. The molecular formula is C19H17N3O2. The van der Waals surface area contributed by atoms with Gasteiger partial charge >= 0.3 is 0 Å². The van der Waals surface area contributed by atoms with Crippen molar-refractivity contribution in [3.8, 4) is 11.5 Å². The van der Waals surface area contributed by atoms with Crippen LogP contribution in [0.5, 0.6) is 11.5 Å². The van der Waals surface area contributed by atoms with Crippen LogP contribution in [-0.4, -0.2) is 5.91 Å². The minimum Gasteiger partial charge on any atom is -0.455 e. The van der Waals surface area contributed by atoms with Gasteiger partial charge in [0.05, 0.1) is 16.9 Å². The Bertz CT molecular complexity index is 863. The number of para-hydroxylation sites is 3. The topological polar surface area (TPSA) is 90.4 Å². The average Bonchev–Trinajstić information content (AvgIpc) is 2.59. The van der Waals surface area contributed by atoms with E-state index >= 15 is 0 Å². The van der Waals surface area contributed by atoms with Gasteiger partial charge in [-0.2, -0.15) is 0 Å². The Morgan fingerprint density at radius 2 is 1.58 bits per heavy atom. The second kappa shape index (κ2) is 6.75. The van der Waals surface area contributed by atoms with Gasteiger partial charge in [0.15, 0.2) is 5.75 Å². The average molecular weight is 319 g/mol. The Hall–Kier alpha value is -3.47. The van der Waals surface area contributed by atoms with Crippen LogP contribution in [0.3, 0.4) is 0 Å². The van der Waals surface area contributed by atoms with Gasteiger partial charge in [0.25, 0.3) is 5.91 Å². The predicted octanol–water partition coefficient (Wildman–Crippen LogP) is 3.90. The lowest BCUT2D eigenvalue weighted by Gasteiger charge is -2.15. The minimum absolute atomic E-state index is 0.324. The molecule has 5 heteroatoms. The van der Waals surface area contributed by atoms with E-state index in [9.17, 15) is 4.79 Å². The quantitative estimate of drug-likeness (QED) is 0.622. The van der Waals surface area contributed by atoms with E-state index in [-0.39, 0.29) is 0 Å². The first kappa shape index (κ1) is 15.4. The summed E-state index contributed by atoms with van der Waals surface area (Å²) < 4.78 is 5.90. The zero-order chi connectivity index (χ0) is 16.9. The molecule has 0 aliphatic rings. The Morgan fingerprint density at radius 1 is 0.875 bits per heavy atom. The summed E-state index contributed by atoms with van der Waals surface area (Å²) in [5.41, 5.74) is 13.2. The smallest absolute Gasteiger partial charge is 0.250 e. The van der Waals surface area contributed by atoms with Crippen molar-refractivity contribution in [1.82, 2.24) is 0 Å². The Morgan fingerprint density at radius 3 is 2.33 bits per heavy atom. The Balaban J connectivity index is 1.93. The van der Waals surface area contributed by atoms with Crippen LogP contribution >= 0.6 is 0 Å². The first-order chi connectivity index (χ1) is 11.6. The number of benzene rings is 3. The number of carbonyl (C=O) groups excluding carboxylic acids is 1. The fourth-order valence-electron chi connectivity index (χ4n) is 2.29. The largest absolute Gasteiger partial charge is 0.455 e. The van der Waals surface area contributed by atoms with E-state index in [0.717, 1.165) is 5.75 Å². The number of primary amides is 1. The highest BCUT2D eigenvalue weighted by Crippen LogP contribution is 2.32. The first-order valence-electron chi connectivity index (χ1n) is 7.42. The van der Waals surface area contributed by atoms with Crippen molar-refractivity contribution in [1.29, 1.82) is 0 Å². The Labute approximate surface area is 139 Å². The molecule has 0 radical (unpaired) electrons. The SMILES string of the molecule is NC(=O)c1cc(N)ccc1Nc1ccccc1Oc1ccccc1. The fraction of sp³-hybridized carbons (Fsp3) is 0. The van der Waals surface area contributed by atoms with Crippen molar-refractivity contribution >= 4 is 23.0 Å². The molecule has 0 aromatic heterocycles. The predicted molar refractivity (Wildman–Crippen MR) is 95.6 cm³/mol. The van der Waals surface area contributed by atoms with E-state index in [1.165, 1.54) is 0 Å². The molecule has 3 aromatic rings. The van der Waals surface area contributed by atoms with E-state index in [1.807, 2.05) is 54.6 Å². The van der Waals surface area contributed by atoms with Gasteiger partial charge in [-0.1, -0.05) is 30.3 Å². The molecule has 0 saturated heterocycles. The van der Waals surface area contributed by atoms with Crippen LogP contribution in [0.1, 0.15) is 10.4 Å². The van der Waals surface area contributed by atoms with Gasteiger partial charge in [-0.15, -0.1) is 0 Å². The van der Waals surface area contributed by atoms with Gasteiger partial charge in [-0.05, 0) is 42.5 Å². The molecule has 1 amide bonds. The van der Waals surface area contributed by atoms with Crippen LogP contribution in [-0.2, 0) is 0 Å². The van der Waals surface area contributed by atoms with Crippen molar-refractivity contribution in [2.24, 2.45) is 5.73 Å². The van der Waals surface area contributed by atoms with Crippen LogP contribution in [0.4, 0.5) is 17.1 Å². The third-order valence-corrected chi connectivity index (χ3v) is 3.44. The molecule has 5 nitrogen and oxygen atoms in total. The molecule has 0 bridgehead atoms. The summed E-state index contributed by atoms with van der Waals surface area (Å²) in [5, 5.41) is 3.19. The zero-order valence-corrected chi connectivity index (χ0v) is 12.9. The van der Waals surface area contributed by atoms with E-state index < -0.39 is 5.91 Å². The lowest BCUT2D eigenvalue weighted by Crippen LogP contribution is -2.13. The van der Waals surface area contributed by atoms with E-state index in [2.05, 4.69) is 5.32 Å². The molecule has 3 aromatic carbocycles. The molecule has 3 rings (SSSR count). The maximum atomic E-state index is 11.6. The third-order valence-electron chi connectivity index (χ3n) is 3.44. The van der Waals surface area contributed by atoms with Gasteiger partial charge < -0.3 is 21.5 Å². The number of amides is 1. The molecule has 0 atom stereocenters.